The van der Waals surface area contributed by atoms with Gasteiger partial charge in [0.05, 0.1) is 11.1 Å². The van der Waals surface area contributed by atoms with Crippen LogP contribution in [0.15, 0.2) is 18.2 Å². The largest absolute Gasteiger partial charge is 0.507 e. The molecule has 108 valence electrons. The van der Waals surface area contributed by atoms with Gasteiger partial charge in [0, 0.05) is 6.42 Å². The molecule has 1 unspecified atom stereocenters. The number of nitrogens with zero attached hydrogens (tertiary/aromatic N) is 1. The Labute approximate surface area is 119 Å². The van der Waals surface area contributed by atoms with Gasteiger partial charge in [0.1, 0.15) is 11.3 Å². The van der Waals surface area contributed by atoms with E-state index in [0.29, 0.717) is 0 Å². The molecule has 0 saturated carbocycles. The number of carbonyl (C=O) groups is 4. The minimum Gasteiger partial charge on any atom is -0.507 e. The SMILES string of the molecule is CC1(N2C(=O)c3cccc(O)c3C2=O)CCC(=O)NC1=O. The number of benzene rings is 1. The Hall–Kier alpha value is -2.70. The molecule has 1 saturated heterocycles. The molecule has 2 aliphatic heterocycles. The first-order chi connectivity index (χ1) is 9.86. The van der Waals surface area contributed by atoms with Crippen molar-refractivity contribution in [2.24, 2.45) is 0 Å². The number of phenolic OH excluding ortho intramolecular Hbond substituents is 1. The van der Waals surface area contributed by atoms with E-state index in [0.717, 1.165) is 4.90 Å². The maximum Gasteiger partial charge on any atom is 0.266 e. The lowest BCUT2D eigenvalue weighted by molar-refractivity contribution is -0.140. The zero-order valence-corrected chi connectivity index (χ0v) is 11.2. The molecule has 1 atom stereocenters. The van der Waals surface area contributed by atoms with E-state index in [1.807, 2.05) is 0 Å². The zero-order valence-electron chi connectivity index (χ0n) is 11.2. The number of carbonyl (C=O) groups excluding carboxylic acids is 4. The minimum atomic E-state index is -1.44. The van der Waals surface area contributed by atoms with Gasteiger partial charge in [0.15, 0.2) is 0 Å². The molecule has 2 heterocycles. The van der Waals surface area contributed by atoms with Crippen molar-refractivity contribution in [2.75, 3.05) is 0 Å². The Kier molecular flexibility index (Phi) is 2.62. The van der Waals surface area contributed by atoms with Gasteiger partial charge in [0.25, 0.3) is 17.7 Å². The van der Waals surface area contributed by atoms with Gasteiger partial charge in [-0.1, -0.05) is 6.07 Å². The van der Waals surface area contributed by atoms with Crippen molar-refractivity contribution >= 4 is 23.6 Å². The Morgan fingerprint density at radius 1 is 1.19 bits per heavy atom. The second-order valence-corrected chi connectivity index (χ2v) is 5.30. The average molecular weight is 288 g/mol. The van der Waals surface area contributed by atoms with E-state index in [4.69, 9.17) is 0 Å². The normalized spacial score (nSPS) is 25.1. The van der Waals surface area contributed by atoms with E-state index in [1.165, 1.54) is 25.1 Å². The van der Waals surface area contributed by atoms with Crippen molar-refractivity contribution < 1.29 is 24.3 Å². The smallest absolute Gasteiger partial charge is 0.266 e. The van der Waals surface area contributed by atoms with Crippen LogP contribution in [0.5, 0.6) is 5.75 Å². The number of amides is 4. The number of hydrogen-bond donors (Lipinski definition) is 2. The van der Waals surface area contributed by atoms with E-state index < -0.39 is 29.2 Å². The Bertz CT molecular complexity index is 711. The van der Waals surface area contributed by atoms with Crippen LogP contribution in [0, 0.1) is 0 Å². The summed E-state index contributed by atoms with van der Waals surface area (Å²) in [7, 11) is 0. The summed E-state index contributed by atoms with van der Waals surface area (Å²) < 4.78 is 0. The van der Waals surface area contributed by atoms with Crippen LogP contribution in [-0.2, 0) is 9.59 Å². The molecule has 0 radical (unpaired) electrons. The zero-order chi connectivity index (χ0) is 15.4. The van der Waals surface area contributed by atoms with Crippen LogP contribution in [-0.4, -0.2) is 39.2 Å². The standard InChI is InChI=1S/C14H12N2O5/c1-14(6-5-9(18)15-13(14)21)16-11(19)7-3-2-4-8(17)10(7)12(16)20/h2-4,17H,5-6H2,1H3,(H,15,18,21). The summed E-state index contributed by atoms with van der Waals surface area (Å²) in [5, 5.41) is 11.9. The Morgan fingerprint density at radius 3 is 2.52 bits per heavy atom. The Balaban J connectivity index is 2.08. The number of nitrogens with one attached hydrogen (secondary N) is 1. The lowest BCUT2D eigenvalue weighted by Crippen LogP contribution is -2.62. The Morgan fingerprint density at radius 2 is 1.90 bits per heavy atom. The van der Waals surface area contributed by atoms with Crippen molar-refractivity contribution in [3.8, 4) is 5.75 Å². The third-order valence-electron chi connectivity index (χ3n) is 3.97. The predicted molar refractivity (Wildman–Crippen MR) is 69.4 cm³/mol. The van der Waals surface area contributed by atoms with E-state index in [2.05, 4.69) is 5.32 Å². The highest BCUT2D eigenvalue weighted by Crippen LogP contribution is 2.37. The molecule has 0 spiro atoms. The highest BCUT2D eigenvalue weighted by atomic mass is 16.3. The third kappa shape index (κ3) is 1.67. The molecule has 4 amide bonds. The van der Waals surface area contributed by atoms with Crippen molar-refractivity contribution in [3.63, 3.8) is 0 Å². The average Bonchev–Trinajstić information content (AvgIpc) is 2.68. The summed E-state index contributed by atoms with van der Waals surface area (Å²) in [6.07, 6.45) is 0.103. The van der Waals surface area contributed by atoms with Crippen molar-refractivity contribution in [1.82, 2.24) is 10.2 Å². The van der Waals surface area contributed by atoms with E-state index in [-0.39, 0.29) is 29.7 Å². The molecular formula is C14H12N2O5. The minimum absolute atomic E-state index is 0.0433. The molecule has 2 N–H and O–H groups in total. The molecule has 0 aromatic heterocycles. The highest BCUT2D eigenvalue weighted by molar-refractivity contribution is 6.25. The van der Waals surface area contributed by atoms with Crippen LogP contribution in [0.1, 0.15) is 40.5 Å². The summed E-state index contributed by atoms with van der Waals surface area (Å²) in [6.45, 7) is 1.44. The summed E-state index contributed by atoms with van der Waals surface area (Å²) >= 11 is 0. The molecule has 7 heteroatoms. The second kappa shape index (κ2) is 4.15. The van der Waals surface area contributed by atoms with Gasteiger partial charge in [0.2, 0.25) is 5.91 Å². The van der Waals surface area contributed by atoms with Crippen LogP contribution in [0.25, 0.3) is 0 Å². The van der Waals surface area contributed by atoms with Gasteiger partial charge in [-0.25, -0.2) is 0 Å². The summed E-state index contributed by atoms with van der Waals surface area (Å²) in [5.41, 5.74) is -1.48. The second-order valence-electron chi connectivity index (χ2n) is 5.30. The van der Waals surface area contributed by atoms with Crippen molar-refractivity contribution in [3.05, 3.63) is 29.3 Å². The highest BCUT2D eigenvalue weighted by Gasteiger charge is 2.53. The number of phenols is 1. The monoisotopic (exact) mass is 288 g/mol. The molecule has 0 aliphatic carbocycles. The molecule has 1 aromatic rings. The first-order valence-electron chi connectivity index (χ1n) is 6.41. The van der Waals surface area contributed by atoms with Crippen LogP contribution in [0.2, 0.25) is 0 Å². The van der Waals surface area contributed by atoms with E-state index >= 15 is 0 Å². The van der Waals surface area contributed by atoms with E-state index in [9.17, 15) is 24.3 Å². The first-order valence-corrected chi connectivity index (χ1v) is 6.41. The number of aromatic hydroxyl groups is 1. The summed E-state index contributed by atoms with van der Waals surface area (Å²) in [5.74, 6) is -2.79. The molecular weight excluding hydrogens is 276 g/mol. The van der Waals surface area contributed by atoms with Crippen LogP contribution in [0.4, 0.5) is 0 Å². The quantitative estimate of drug-likeness (QED) is 0.718. The van der Waals surface area contributed by atoms with Gasteiger partial charge in [-0.3, -0.25) is 29.4 Å². The van der Waals surface area contributed by atoms with Gasteiger partial charge in [-0.05, 0) is 25.5 Å². The molecule has 1 fully saturated rings. The molecule has 1 aromatic carbocycles. The molecule has 21 heavy (non-hydrogen) atoms. The molecule has 2 aliphatic rings. The molecule has 3 rings (SSSR count). The third-order valence-corrected chi connectivity index (χ3v) is 3.97. The van der Waals surface area contributed by atoms with Gasteiger partial charge in [-0.2, -0.15) is 0 Å². The van der Waals surface area contributed by atoms with Crippen LogP contribution >= 0.6 is 0 Å². The summed E-state index contributed by atoms with van der Waals surface area (Å²) in [6, 6.07) is 4.18. The van der Waals surface area contributed by atoms with E-state index in [1.54, 1.807) is 0 Å². The number of hydrogen-bond acceptors (Lipinski definition) is 5. The lowest BCUT2D eigenvalue weighted by atomic mass is 9.89. The maximum absolute atomic E-state index is 12.4. The fourth-order valence-electron chi connectivity index (χ4n) is 2.72. The first kappa shape index (κ1) is 13.3. The topological polar surface area (TPSA) is 104 Å². The van der Waals surface area contributed by atoms with Gasteiger partial charge < -0.3 is 5.11 Å². The summed E-state index contributed by atoms with van der Waals surface area (Å²) in [4.78, 5) is 49.0. The number of fused-ring (bicyclic) bond motifs is 1. The van der Waals surface area contributed by atoms with Crippen LogP contribution < -0.4 is 5.32 Å². The predicted octanol–water partition coefficient (Wildman–Crippen LogP) is 0.183. The fraction of sp³-hybridized carbons (Fsp3) is 0.286. The molecule has 0 bridgehead atoms. The van der Waals surface area contributed by atoms with Crippen molar-refractivity contribution in [1.29, 1.82) is 0 Å². The maximum atomic E-state index is 12.4. The number of rotatable bonds is 1. The van der Waals surface area contributed by atoms with Crippen molar-refractivity contribution in [2.45, 2.75) is 25.3 Å². The number of imide groups is 2. The van der Waals surface area contributed by atoms with Gasteiger partial charge >= 0.3 is 0 Å². The van der Waals surface area contributed by atoms with Gasteiger partial charge in [-0.15, -0.1) is 0 Å². The molecule has 7 nitrogen and oxygen atoms in total. The lowest BCUT2D eigenvalue weighted by Gasteiger charge is -2.38. The number of piperidine rings is 1. The fourth-order valence-corrected chi connectivity index (χ4v) is 2.72. The van der Waals surface area contributed by atoms with Crippen LogP contribution in [0.3, 0.4) is 0 Å².